The molecule has 8 nitrogen and oxygen atoms in total. The lowest BCUT2D eigenvalue weighted by molar-refractivity contribution is -0.128. The molecule has 0 aromatic heterocycles. The van der Waals surface area contributed by atoms with Crippen LogP contribution in [0, 0.1) is 12.3 Å². The van der Waals surface area contributed by atoms with E-state index in [-0.39, 0.29) is 23.7 Å². The molecule has 0 bridgehead atoms. The summed E-state index contributed by atoms with van der Waals surface area (Å²) in [5, 5.41) is 15.1. The summed E-state index contributed by atoms with van der Waals surface area (Å²) < 4.78 is 5.89. The van der Waals surface area contributed by atoms with Crippen molar-refractivity contribution in [2.45, 2.75) is 32.8 Å². The van der Waals surface area contributed by atoms with Crippen molar-refractivity contribution in [1.82, 2.24) is 9.91 Å². The number of aryl methyl sites for hydroxylation is 1. The van der Waals surface area contributed by atoms with Crippen molar-refractivity contribution in [2.75, 3.05) is 13.1 Å². The van der Waals surface area contributed by atoms with E-state index in [9.17, 15) is 9.59 Å². The molecule has 5 rings (SSSR count). The summed E-state index contributed by atoms with van der Waals surface area (Å²) >= 11 is 1.18. The summed E-state index contributed by atoms with van der Waals surface area (Å²) in [4.78, 5) is 31.1. The van der Waals surface area contributed by atoms with Gasteiger partial charge >= 0.3 is 0 Å². The topological polar surface area (TPSA) is 98.4 Å². The number of hydrogen-bond acceptors (Lipinski definition) is 6. The molecule has 0 atom stereocenters. The van der Waals surface area contributed by atoms with Gasteiger partial charge < -0.3 is 9.64 Å². The standard InChI is InChI=1S/C26H25N5O3S/c1-17-6-2-3-7-19(17)16-34-20-10-8-18(9-11-20)14-21-24(27)31-26(28-25(21)33)35-22(29-31)15-23(32)30-12-4-5-13-30/h2-3,6-11,14,27H,4-5,12-13,15-16H2,1H3. The summed E-state index contributed by atoms with van der Waals surface area (Å²) in [6, 6.07) is 15.4. The SMILES string of the molecule is Cc1ccccc1COc1ccc(C=C2C(=N)N3N=C(CC(=O)N4CCCC4)SC3=NC2=O)cc1. The zero-order chi connectivity index (χ0) is 24.4. The predicted molar refractivity (Wildman–Crippen MR) is 137 cm³/mol. The smallest absolute Gasteiger partial charge is 0.283 e. The average Bonchev–Trinajstić information content (AvgIpc) is 3.52. The molecule has 0 saturated carbocycles. The van der Waals surface area contributed by atoms with Crippen molar-refractivity contribution in [3.63, 3.8) is 0 Å². The third-order valence-corrected chi connectivity index (χ3v) is 7.01. The van der Waals surface area contributed by atoms with Crippen molar-refractivity contribution in [3.05, 3.63) is 70.8 Å². The molecule has 35 heavy (non-hydrogen) atoms. The quantitative estimate of drug-likeness (QED) is 0.616. The van der Waals surface area contributed by atoms with E-state index in [1.54, 1.807) is 6.08 Å². The molecule has 1 N–H and O–H groups in total. The Morgan fingerprint density at radius 2 is 1.89 bits per heavy atom. The fourth-order valence-electron chi connectivity index (χ4n) is 4.07. The van der Waals surface area contributed by atoms with Crippen LogP contribution in [-0.4, -0.2) is 50.9 Å². The Morgan fingerprint density at radius 3 is 2.63 bits per heavy atom. The number of rotatable bonds is 6. The number of carbonyl (C=O) groups excluding carboxylic acids is 2. The summed E-state index contributed by atoms with van der Waals surface area (Å²) in [5.41, 5.74) is 3.20. The number of amides is 2. The fourth-order valence-corrected chi connectivity index (χ4v) is 4.95. The molecule has 2 amide bonds. The minimum Gasteiger partial charge on any atom is -0.489 e. The van der Waals surface area contributed by atoms with Crippen LogP contribution in [0.3, 0.4) is 0 Å². The number of aliphatic imine (C=N–C) groups is 1. The number of benzene rings is 2. The van der Waals surface area contributed by atoms with Gasteiger partial charge in [-0.3, -0.25) is 15.0 Å². The van der Waals surface area contributed by atoms with Crippen LogP contribution in [-0.2, 0) is 16.2 Å². The number of nitrogens with one attached hydrogen (secondary N) is 1. The number of hydrazone groups is 1. The van der Waals surface area contributed by atoms with Crippen LogP contribution >= 0.6 is 11.8 Å². The molecule has 0 radical (unpaired) electrons. The van der Waals surface area contributed by atoms with Gasteiger partial charge in [0.05, 0.1) is 12.0 Å². The van der Waals surface area contributed by atoms with E-state index >= 15 is 0 Å². The molecule has 2 aromatic carbocycles. The lowest BCUT2D eigenvalue weighted by Gasteiger charge is -2.20. The number of amidine groups is 2. The molecule has 3 heterocycles. The monoisotopic (exact) mass is 487 g/mol. The number of thioether (sulfide) groups is 1. The maximum absolute atomic E-state index is 12.7. The summed E-state index contributed by atoms with van der Waals surface area (Å²) in [6.07, 6.45) is 3.84. The number of carbonyl (C=O) groups is 2. The number of fused-ring (bicyclic) bond motifs is 1. The molecule has 0 unspecified atom stereocenters. The van der Waals surface area contributed by atoms with Gasteiger partial charge in [-0.2, -0.15) is 15.1 Å². The van der Waals surface area contributed by atoms with E-state index in [0.29, 0.717) is 22.6 Å². The molecule has 9 heteroatoms. The van der Waals surface area contributed by atoms with Crippen LogP contribution in [0.15, 0.2) is 64.2 Å². The van der Waals surface area contributed by atoms with E-state index in [0.717, 1.165) is 37.1 Å². The largest absolute Gasteiger partial charge is 0.489 e. The second-order valence-corrected chi connectivity index (χ2v) is 9.60. The molecule has 0 spiro atoms. The van der Waals surface area contributed by atoms with Gasteiger partial charge in [0.2, 0.25) is 11.1 Å². The molecule has 2 aromatic rings. The molecular weight excluding hydrogens is 462 g/mol. The van der Waals surface area contributed by atoms with Gasteiger partial charge in [0, 0.05) is 13.1 Å². The zero-order valence-electron chi connectivity index (χ0n) is 19.4. The second-order valence-electron chi connectivity index (χ2n) is 8.56. The molecule has 0 aliphatic carbocycles. The van der Waals surface area contributed by atoms with E-state index in [1.165, 1.54) is 22.3 Å². The van der Waals surface area contributed by atoms with E-state index in [2.05, 4.69) is 23.1 Å². The van der Waals surface area contributed by atoms with Crippen molar-refractivity contribution in [1.29, 1.82) is 5.41 Å². The third-order valence-electron chi connectivity index (χ3n) is 6.10. The Bertz CT molecular complexity index is 1280. The van der Waals surface area contributed by atoms with Crippen LogP contribution in [0.4, 0.5) is 0 Å². The van der Waals surface area contributed by atoms with Crippen LogP contribution in [0.1, 0.15) is 36.0 Å². The van der Waals surface area contributed by atoms with Crippen LogP contribution in [0.5, 0.6) is 5.75 Å². The van der Waals surface area contributed by atoms with Gasteiger partial charge in [0.15, 0.2) is 5.84 Å². The van der Waals surface area contributed by atoms with Crippen molar-refractivity contribution >= 4 is 45.7 Å². The minimum absolute atomic E-state index is 0.0209. The number of nitrogens with zero attached hydrogens (tertiary/aromatic N) is 4. The van der Waals surface area contributed by atoms with Crippen molar-refractivity contribution in [3.8, 4) is 5.75 Å². The molecule has 3 aliphatic heterocycles. The predicted octanol–water partition coefficient (Wildman–Crippen LogP) is 4.21. The Balaban J connectivity index is 1.26. The van der Waals surface area contributed by atoms with E-state index in [1.807, 2.05) is 47.4 Å². The van der Waals surface area contributed by atoms with Gasteiger partial charge in [0.25, 0.3) is 5.91 Å². The highest BCUT2D eigenvalue weighted by molar-refractivity contribution is 8.27. The summed E-state index contributed by atoms with van der Waals surface area (Å²) in [6.45, 7) is 4.08. The highest BCUT2D eigenvalue weighted by Crippen LogP contribution is 2.30. The van der Waals surface area contributed by atoms with Crippen LogP contribution in [0.2, 0.25) is 0 Å². The second kappa shape index (κ2) is 9.87. The molecule has 1 fully saturated rings. The molecule has 3 aliphatic rings. The average molecular weight is 488 g/mol. The first-order valence-electron chi connectivity index (χ1n) is 11.5. The highest BCUT2D eigenvalue weighted by atomic mass is 32.2. The number of hydrogen-bond donors (Lipinski definition) is 1. The number of likely N-dealkylation sites (tertiary alicyclic amines) is 1. The van der Waals surface area contributed by atoms with Crippen molar-refractivity contribution in [2.24, 2.45) is 10.1 Å². The normalized spacial score (nSPS) is 18.6. The maximum atomic E-state index is 12.7. The zero-order valence-corrected chi connectivity index (χ0v) is 20.2. The van der Waals surface area contributed by atoms with Gasteiger partial charge in [-0.15, -0.1) is 0 Å². The first-order valence-corrected chi connectivity index (χ1v) is 12.3. The van der Waals surface area contributed by atoms with Crippen LogP contribution in [0.25, 0.3) is 6.08 Å². The Labute approximate surface area is 207 Å². The van der Waals surface area contributed by atoms with Crippen molar-refractivity contribution < 1.29 is 14.3 Å². The lowest BCUT2D eigenvalue weighted by Crippen LogP contribution is -2.35. The Morgan fingerprint density at radius 1 is 1.14 bits per heavy atom. The maximum Gasteiger partial charge on any atom is 0.283 e. The van der Waals surface area contributed by atoms with Gasteiger partial charge in [-0.25, -0.2) is 0 Å². The van der Waals surface area contributed by atoms with E-state index in [4.69, 9.17) is 10.1 Å². The minimum atomic E-state index is -0.490. The summed E-state index contributed by atoms with van der Waals surface area (Å²) in [5.74, 6) is 0.202. The molecular formula is C26H25N5O3S. The lowest BCUT2D eigenvalue weighted by atomic mass is 10.1. The van der Waals surface area contributed by atoms with Gasteiger partial charge in [-0.05, 0) is 66.4 Å². The Hall–Kier alpha value is -3.72. The van der Waals surface area contributed by atoms with Gasteiger partial charge in [-0.1, -0.05) is 36.4 Å². The first kappa shape index (κ1) is 23.0. The van der Waals surface area contributed by atoms with E-state index < -0.39 is 5.91 Å². The summed E-state index contributed by atoms with van der Waals surface area (Å²) in [7, 11) is 0. The fraction of sp³-hybridized carbons (Fsp3) is 0.269. The van der Waals surface area contributed by atoms with Gasteiger partial charge in [0.1, 0.15) is 17.4 Å². The highest BCUT2D eigenvalue weighted by Gasteiger charge is 2.36. The Kier molecular flexibility index (Phi) is 6.50. The first-order chi connectivity index (χ1) is 17.0. The molecule has 1 saturated heterocycles. The number of ether oxygens (including phenoxy) is 1. The van der Waals surface area contributed by atoms with Crippen LogP contribution < -0.4 is 4.74 Å². The molecule has 178 valence electrons. The third kappa shape index (κ3) is 5.05.